The number of aromatic nitrogens is 3. The average Bonchev–Trinajstić information content (AvgIpc) is 2.65. The summed E-state index contributed by atoms with van der Waals surface area (Å²) >= 11 is 0. The van der Waals surface area contributed by atoms with Gasteiger partial charge in [0.05, 0.1) is 17.6 Å². The zero-order valence-corrected chi connectivity index (χ0v) is 17.1. The summed E-state index contributed by atoms with van der Waals surface area (Å²) in [6.45, 7) is 4.40. The number of nitrogens with one attached hydrogen (secondary N) is 1. The van der Waals surface area contributed by atoms with Crippen molar-refractivity contribution in [2.45, 2.75) is 39.2 Å². The molecule has 3 aromatic rings. The Labute approximate surface area is 171 Å². The van der Waals surface area contributed by atoms with Crippen molar-refractivity contribution < 1.29 is 13.6 Å². The van der Waals surface area contributed by atoms with Gasteiger partial charge in [0.1, 0.15) is 5.69 Å². The molecule has 30 heavy (non-hydrogen) atoms. The van der Waals surface area contributed by atoms with Crippen molar-refractivity contribution >= 4 is 22.5 Å². The van der Waals surface area contributed by atoms with Crippen LogP contribution in [0.2, 0.25) is 0 Å². The van der Waals surface area contributed by atoms with Crippen LogP contribution in [0, 0.1) is 0 Å². The topological polar surface area (TPSA) is 86.0 Å². The first-order chi connectivity index (χ1) is 14.0. The third kappa shape index (κ3) is 4.29. The molecule has 0 bridgehead atoms. The third-order valence-corrected chi connectivity index (χ3v) is 4.67. The first kappa shape index (κ1) is 21.4. The second-order valence-corrected chi connectivity index (χ2v) is 7.53. The number of fused-ring (bicyclic) bond motifs is 1. The number of carbonyl (C=O) groups excluding carboxylic acids is 1. The maximum absolute atomic E-state index is 13.7. The minimum atomic E-state index is -3.06. The van der Waals surface area contributed by atoms with E-state index < -0.39 is 17.3 Å². The fraction of sp³-hybridized carbons (Fsp3) is 0.333. The number of rotatable bonds is 5. The zero-order valence-electron chi connectivity index (χ0n) is 17.1. The van der Waals surface area contributed by atoms with Gasteiger partial charge in [-0.3, -0.25) is 19.1 Å². The number of halogens is 2. The van der Waals surface area contributed by atoms with E-state index in [9.17, 15) is 23.2 Å². The summed E-state index contributed by atoms with van der Waals surface area (Å²) in [5.41, 5.74) is -0.219. The highest BCUT2D eigenvalue weighted by Crippen LogP contribution is 2.29. The molecule has 0 saturated heterocycles. The SMILES string of the molecule is CC(C)n1nc(CC(=O)Nc2ccc(=O)n(C)c2)c(=O)c2ccc(C(C)(F)F)cc21. The van der Waals surface area contributed by atoms with Crippen molar-refractivity contribution in [3.8, 4) is 0 Å². The number of anilines is 1. The van der Waals surface area contributed by atoms with Gasteiger partial charge in [-0.1, -0.05) is 6.07 Å². The van der Waals surface area contributed by atoms with Crippen molar-refractivity contribution in [2.75, 3.05) is 5.32 Å². The summed E-state index contributed by atoms with van der Waals surface area (Å²) < 4.78 is 30.3. The maximum atomic E-state index is 13.7. The lowest BCUT2D eigenvalue weighted by atomic mass is 10.1. The van der Waals surface area contributed by atoms with E-state index in [0.717, 1.165) is 6.92 Å². The normalized spacial score (nSPS) is 11.8. The van der Waals surface area contributed by atoms with E-state index in [0.29, 0.717) is 5.69 Å². The quantitative estimate of drug-likeness (QED) is 0.693. The number of pyridine rings is 1. The molecule has 1 N–H and O–H groups in total. The Balaban J connectivity index is 2.00. The van der Waals surface area contributed by atoms with Gasteiger partial charge in [0.15, 0.2) is 0 Å². The van der Waals surface area contributed by atoms with Gasteiger partial charge in [0.2, 0.25) is 16.9 Å². The number of alkyl halides is 2. The number of nitrogens with zero attached hydrogens (tertiary/aromatic N) is 3. The summed E-state index contributed by atoms with van der Waals surface area (Å²) in [4.78, 5) is 36.8. The average molecular weight is 416 g/mol. The Bertz CT molecular complexity index is 1240. The van der Waals surface area contributed by atoms with Gasteiger partial charge >= 0.3 is 0 Å². The first-order valence-electron chi connectivity index (χ1n) is 9.37. The zero-order chi connectivity index (χ0) is 22.2. The van der Waals surface area contributed by atoms with Crippen molar-refractivity contribution in [1.82, 2.24) is 14.3 Å². The summed E-state index contributed by atoms with van der Waals surface area (Å²) in [7, 11) is 1.55. The van der Waals surface area contributed by atoms with Gasteiger partial charge in [-0.2, -0.15) is 5.10 Å². The minimum absolute atomic E-state index is 0.00882. The number of amides is 1. The van der Waals surface area contributed by atoms with E-state index in [2.05, 4.69) is 10.4 Å². The minimum Gasteiger partial charge on any atom is -0.324 e. The monoisotopic (exact) mass is 416 g/mol. The van der Waals surface area contributed by atoms with Crippen molar-refractivity contribution in [3.05, 3.63) is 68.4 Å². The van der Waals surface area contributed by atoms with Gasteiger partial charge in [0.25, 0.3) is 5.92 Å². The highest BCUT2D eigenvalue weighted by molar-refractivity contribution is 5.92. The molecule has 0 atom stereocenters. The molecule has 0 unspecified atom stereocenters. The standard InChI is InChI=1S/C21H22F2N4O3/c1-12(2)27-17-9-13(21(3,22)23)5-7-15(17)20(30)16(25-27)10-18(28)24-14-6-8-19(29)26(4)11-14/h5-9,11-12H,10H2,1-4H3,(H,24,28). The summed E-state index contributed by atoms with van der Waals surface area (Å²) in [6, 6.07) is 6.38. The fourth-order valence-corrected chi connectivity index (χ4v) is 3.11. The summed E-state index contributed by atoms with van der Waals surface area (Å²) in [6.07, 6.45) is 1.17. The molecule has 2 heterocycles. The van der Waals surface area contributed by atoms with E-state index in [4.69, 9.17) is 0 Å². The van der Waals surface area contributed by atoms with Crippen LogP contribution in [0.1, 0.15) is 38.1 Å². The molecule has 9 heteroatoms. The van der Waals surface area contributed by atoms with Crippen molar-refractivity contribution in [3.63, 3.8) is 0 Å². The Kier molecular flexibility index (Phi) is 5.56. The van der Waals surface area contributed by atoms with Crippen LogP contribution in [0.5, 0.6) is 0 Å². The van der Waals surface area contributed by atoms with Crippen molar-refractivity contribution in [1.29, 1.82) is 0 Å². The molecule has 158 valence electrons. The van der Waals surface area contributed by atoms with E-state index >= 15 is 0 Å². The van der Waals surface area contributed by atoms with Gasteiger partial charge < -0.3 is 9.88 Å². The molecule has 0 saturated carbocycles. The van der Waals surface area contributed by atoms with E-state index in [1.54, 1.807) is 7.05 Å². The molecule has 7 nitrogen and oxygen atoms in total. The Hall–Kier alpha value is -3.36. The van der Waals surface area contributed by atoms with Crippen LogP contribution in [0.4, 0.5) is 14.5 Å². The second kappa shape index (κ2) is 7.81. The highest BCUT2D eigenvalue weighted by atomic mass is 19.3. The number of benzene rings is 1. The van der Waals surface area contributed by atoms with E-state index in [1.165, 1.54) is 45.8 Å². The van der Waals surface area contributed by atoms with Crippen LogP contribution in [-0.4, -0.2) is 20.3 Å². The Morgan fingerprint density at radius 2 is 1.90 bits per heavy atom. The number of hydrogen-bond acceptors (Lipinski definition) is 4. The highest BCUT2D eigenvalue weighted by Gasteiger charge is 2.26. The molecular formula is C21H22F2N4O3. The summed E-state index contributed by atoms with van der Waals surface area (Å²) in [5.74, 6) is -3.54. The summed E-state index contributed by atoms with van der Waals surface area (Å²) in [5, 5.41) is 7.12. The van der Waals surface area contributed by atoms with Crippen LogP contribution < -0.4 is 16.3 Å². The Morgan fingerprint density at radius 3 is 2.50 bits per heavy atom. The smallest absolute Gasteiger partial charge is 0.270 e. The number of hydrogen-bond donors (Lipinski definition) is 1. The lowest BCUT2D eigenvalue weighted by Crippen LogP contribution is -2.26. The fourth-order valence-electron chi connectivity index (χ4n) is 3.11. The van der Waals surface area contributed by atoms with Gasteiger partial charge in [0, 0.05) is 43.2 Å². The maximum Gasteiger partial charge on any atom is 0.270 e. The lowest BCUT2D eigenvalue weighted by molar-refractivity contribution is -0.115. The molecule has 0 radical (unpaired) electrons. The van der Waals surface area contributed by atoms with Crippen LogP contribution in [-0.2, 0) is 24.2 Å². The first-order valence-corrected chi connectivity index (χ1v) is 9.37. The molecule has 0 fully saturated rings. The van der Waals surface area contributed by atoms with Crippen LogP contribution in [0.15, 0.2) is 46.1 Å². The predicted molar refractivity (Wildman–Crippen MR) is 110 cm³/mol. The molecular weight excluding hydrogens is 394 g/mol. The Morgan fingerprint density at radius 1 is 1.20 bits per heavy atom. The third-order valence-electron chi connectivity index (χ3n) is 4.67. The lowest BCUT2D eigenvalue weighted by Gasteiger charge is -2.17. The van der Waals surface area contributed by atoms with E-state index in [-0.39, 0.29) is 40.2 Å². The molecule has 1 amide bonds. The van der Waals surface area contributed by atoms with Crippen LogP contribution >= 0.6 is 0 Å². The number of carbonyl (C=O) groups is 1. The molecule has 1 aromatic carbocycles. The van der Waals surface area contributed by atoms with Gasteiger partial charge in [-0.05, 0) is 32.0 Å². The molecule has 3 rings (SSSR count). The molecule has 0 aliphatic rings. The van der Waals surface area contributed by atoms with Gasteiger partial charge in [-0.25, -0.2) is 8.78 Å². The number of aryl methyl sites for hydroxylation is 1. The molecule has 0 aliphatic carbocycles. The molecule has 2 aromatic heterocycles. The predicted octanol–water partition coefficient (Wildman–Crippen LogP) is 2.97. The largest absolute Gasteiger partial charge is 0.324 e. The van der Waals surface area contributed by atoms with Crippen molar-refractivity contribution in [2.24, 2.45) is 7.05 Å². The van der Waals surface area contributed by atoms with Crippen LogP contribution in [0.3, 0.4) is 0 Å². The van der Waals surface area contributed by atoms with Crippen LogP contribution in [0.25, 0.3) is 10.9 Å². The van der Waals surface area contributed by atoms with Gasteiger partial charge in [-0.15, -0.1) is 0 Å². The van der Waals surface area contributed by atoms with E-state index in [1.807, 2.05) is 13.8 Å². The molecule has 0 spiro atoms. The second-order valence-electron chi connectivity index (χ2n) is 7.53. The molecule has 0 aliphatic heterocycles.